The molecule has 5 rings (SSSR count). The Morgan fingerprint density at radius 1 is 1.27 bits per heavy atom. The van der Waals surface area contributed by atoms with Gasteiger partial charge in [0.15, 0.2) is 5.54 Å². The molecule has 37 heavy (non-hydrogen) atoms. The van der Waals surface area contributed by atoms with Crippen molar-refractivity contribution in [3.8, 4) is 10.4 Å². The van der Waals surface area contributed by atoms with E-state index < -0.39 is 23.6 Å². The number of amidine groups is 1. The number of carbonyl (C=O) groups excluding carboxylic acids is 2. The van der Waals surface area contributed by atoms with Crippen LogP contribution in [0.1, 0.15) is 49.9 Å². The van der Waals surface area contributed by atoms with Crippen LogP contribution < -0.4 is 5.32 Å². The van der Waals surface area contributed by atoms with Crippen molar-refractivity contribution in [1.82, 2.24) is 25.0 Å². The van der Waals surface area contributed by atoms with Crippen LogP contribution in [0.15, 0.2) is 47.2 Å². The quantitative estimate of drug-likeness (QED) is 0.519. The standard InChI is InChI=1S/C27H32N6O3S/c1-15(2)22(18-11-29-32(5)12-18)25(35)33-13-20(34)10-21(33)24-30-26(36)27(4,31-24)19-8-6-17(7-9-19)23-16(3)28-14-37-23/h6-9,11-12,14-15,20-22,34H,10,13H2,1-5H3,(H,30,31,36)/t20-,21?,22?,27+/m1/s1. The summed E-state index contributed by atoms with van der Waals surface area (Å²) >= 11 is 1.58. The summed E-state index contributed by atoms with van der Waals surface area (Å²) in [6.45, 7) is 7.96. The maximum absolute atomic E-state index is 13.8. The molecule has 1 fully saturated rings. The number of hydrogen-bond acceptors (Lipinski definition) is 7. The van der Waals surface area contributed by atoms with Crippen LogP contribution in [-0.4, -0.2) is 61.1 Å². The molecule has 1 saturated heterocycles. The van der Waals surface area contributed by atoms with E-state index in [1.807, 2.05) is 63.8 Å². The van der Waals surface area contributed by atoms with Gasteiger partial charge in [0.2, 0.25) is 5.91 Å². The van der Waals surface area contributed by atoms with Crippen molar-refractivity contribution in [2.24, 2.45) is 18.0 Å². The first kappa shape index (κ1) is 25.3. The number of nitrogens with zero attached hydrogens (tertiary/aromatic N) is 5. The average molecular weight is 521 g/mol. The molecule has 1 aromatic carbocycles. The SMILES string of the molecule is Cc1ncsc1-c1ccc([C@]2(C)N=C(C3C[C@@H](O)CN3C(=O)C(c3cnn(C)c3)C(C)C)NC2=O)cc1. The first-order valence-electron chi connectivity index (χ1n) is 12.5. The Bertz CT molecular complexity index is 1360. The molecule has 3 aromatic rings. The summed E-state index contributed by atoms with van der Waals surface area (Å²) in [4.78, 5) is 39.0. The van der Waals surface area contributed by atoms with Crippen molar-refractivity contribution in [2.45, 2.75) is 57.7 Å². The van der Waals surface area contributed by atoms with Crippen LogP contribution in [0.4, 0.5) is 0 Å². The number of β-amino-alcohol motifs (C(OH)–C–C–N with tert-alkyl or cyclic N) is 1. The molecule has 4 heterocycles. The second-order valence-corrected chi connectivity index (χ2v) is 11.3. The maximum Gasteiger partial charge on any atom is 0.257 e. The molecule has 2 N–H and O–H groups in total. The molecule has 9 nitrogen and oxygen atoms in total. The second kappa shape index (κ2) is 9.50. The normalized spacial score (nSPS) is 24.5. The fourth-order valence-corrected chi connectivity index (χ4v) is 6.16. The molecule has 0 bridgehead atoms. The lowest BCUT2D eigenvalue weighted by atomic mass is 9.89. The number of hydrogen-bond donors (Lipinski definition) is 2. The highest BCUT2D eigenvalue weighted by molar-refractivity contribution is 7.13. The van der Waals surface area contributed by atoms with Gasteiger partial charge >= 0.3 is 0 Å². The number of carbonyl (C=O) groups is 2. The molecule has 2 amide bonds. The van der Waals surface area contributed by atoms with Gasteiger partial charge in [0.1, 0.15) is 5.84 Å². The van der Waals surface area contributed by atoms with Gasteiger partial charge in [0, 0.05) is 31.8 Å². The third-order valence-corrected chi connectivity index (χ3v) is 8.35. The zero-order valence-corrected chi connectivity index (χ0v) is 22.5. The predicted molar refractivity (Wildman–Crippen MR) is 142 cm³/mol. The van der Waals surface area contributed by atoms with Crippen LogP contribution in [0, 0.1) is 12.8 Å². The lowest BCUT2D eigenvalue weighted by Gasteiger charge is -2.30. The van der Waals surface area contributed by atoms with Crippen molar-refractivity contribution in [1.29, 1.82) is 0 Å². The van der Waals surface area contributed by atoms with Crippen molar-refractivity contribution in [3.63, 3.8) is 0 Å². The van der Waals surface area contributed by atoms with E-state index >= 15 is 0 Å². The molecule has 0 aliphatic carbocycles. The molecule has 194 valence electrons. The summed E-state index contributed by atoms with van der Waals surface area (Å²) in [5.41, 5.74) is 4.31. The molecular formula is C27H32N6O3S. The first-order chi connectivity index (χ1) is 17.6. The first-order valence-corrected chi connectivity index (χ1v) is 13.4. The van der Waals surface area contributed by atoms with Crippen molar-refractivity contribution >= 4 is 29.0 Å². The van der Waals surface area contributed by atoms with Gasteiger partial charge in [-0.25, -0.2) is 9.98 Å². The Labute approximate surface area is 220 Å². The van der Waals surface area contributed by atoms with Gasteiger partial charge in [-0.1, -0.05) is 38.1 Å². The number of nitrogens with one attached hydrogen (secondary N) is 1. The predicted octanol–water partition coefficient (Wildman–Crippen LogP) is 3.00. The number of benzene rings is 1. The molecule has 0 saturated carbocycles. The number of aryl methyl sites for hydroxylation is 2. The highest BCUT2D eigenvalue weighted by atomic mass is 32.1. The van der Waals surface area contributed by atoms with E-state index in [0.29, 0.717) is 12.3 Å². The fraction of sp³-hybridized carbons (Fsp3) is 0.444. The highest BCUT2D eigenvalue weighted by Crippen LogP contribution is 2.36. The van der Waals surface area contributed by atoms with Crippen molar-refractivity contribution in [2.75, 3.05) is 6.54 Å². The second-order valence-electron chi connectivity index (χ2n) is 10.4. The molecule has 2 aliphatic rings. The van der Waals surface area contributed by atoms with E-state index in [1.165, 1.54) is 0 Å². The number of thiazole rings is 1. The third kappa shape index (κ3) is 4.48. The van der Waals surface area contributed by atoms with Crippen LogP contribution in [0.5, 0.6) is 0 Å². The van der Waals surface area contributed by atoms with Crippen LogP contribution in [0.3, 0.4) is 0 Å². The number of amides is 2. The zero-order valence-electron chi connectivity index (χ0n) is 21.7. The molecule has 0 spiro atoms. The van der Waals surface area contributed by atoms with Crippen LogP contribution in [-0.2, 0) is 22.2 Å². The summed E-state index contributed by atoms with van der Waals surface area (Å²) in [5, 5.41) is 17.7. The van der Waals surface area contributed by atoms with Gasteiger partial charge in [0.05, 0.1) is 40.3 Å². The summed E-state index contributed by atoms with van der Waals surface area (Å²) in [6, 6.07) is 7.30. The maximum atomic E-state index is 13.8. The van der Waals surface area contributed by atoms with E-state index in [4.69, 9.17) is 4.99 Å². The van der Waals surface area contributed by atoms with Gasteiger partial charge in [-0.3, -0.25) is 14.3 Å². The molecule has 4 atom stereocenters. The van der Waals surface area contributed by atoms with Crippen LogP contribution >= 0.6 is 11.3 Å². The third-order valence-electron chi connectivity index (χ3n) is 7.38. The van der Waals surface area contributed by atoms with Gasteiger partial charge in [-0.05, 0) is 30.9 Å². The lowest BCUT2D eigenvalue weighted by molar-refractivity contribution is -0.134. The molecule has 2 aliphatic heterocycles. The van der Waals surface area contributed by atoms with Crippen molar-refractivity contribution < 1.29 is 14.7 Å². The number of aromatic nitrogens is 3. The summed E-state index contributed by atoms with van der Waals surface area (Å²) < 4.78 is 1.68. The number of aliphatic hydroxyl groups is 1. The van der Waals surface area contributed by atoms with Crippen LogP contribution in [0.2, 0.25) is 0 Å². The Kier molecular flexibility index (Phi) is 6.49. The minimum Gasteiger partial charge on any atom is -0.391 e. The molecular weight excluding hydrogens is 488 g/mol. The van der Waals surface area contributed by atoms with E-state index in [-0.39, 0.29) is 24.3 Å². The highest BCUT2D eigenvalue weighted by Gasteiger charge is 2.48. The number of rotatable bonds is 6. The summed E-state index contributed by atoms with van der Waals surface area (Å²) in [7, 11) is 1.82. The minimum atomic E-state index is -1.13. The number of likely N-dealkylation sites (tertiary alicyclic amines) is 1. The zero-order chi connectivity index (χ0) is 26.5. The Morgan fingerprint density at radius 2 is 2.00 bits per heavy atom. The molecule has 2 aromatic heterocycles. The Morgan fingerprint density at radius 3 is 2.59 bits per heavy atom. The molecule has 2 unspecified atom stereocenters. The van der Waals surface area contributed by atoms with Gasteiger partial charge in [-0.2, -0.15) is 5.10 Å². The summed E-state index contributed by atoms with van der Waals surface area (Å²) in [5.74, 6) is -0.298. The van der Waals surface area contributed by atoms with Gasteiger partial charge in [0.25, 0.3) is 5.91 Å². The Hall–Kier alpha value is -3.37. The smallest absolute Gasteiger partial charge is 0.257 e. The molecule has 10 heteroatoms. The molecule has 0 radical (unpaired) electrons. The fourth-order valence-electron chi connectivity index (χ4n) is 5.34. The van der Waals surface area contributed by atoms with Gasteiger partial charge in [-0.15, -0.1) is 11.3 Å². The lowest BCUT2D eigenvalue weighted by Crippen LogP contribution is -2.48. The van der Waals surface area contributed by atoms with E-state index in [0.717, 1.165) is 27.3 Å². The number of aliphatic hydroxyl groups excluding tert-OH is 1. The average Bonchev–Trinajstić information content (AvgIpc) is 3.62. The topological polar surface area (TPSA) is 113 Å². The number of aliphatic imine (C=N–C) groups is 1. The van der Waals surface area contributed by atoms with Crippen molar-refractivity contribution in [3.05, 3.63) is 59.0 Å². The monoisotopic (exact) mass is 520 g/mol. The van der Waals surface area contributed by atoms with Crippen LogP contribution in [0.25, 0.3) is 10.4 Å². The largest absolute Gasteiger partial charge is 0.391 e. The van der Waals surface area contributed by atoms with Gasteiger partial charge < -0.3 is 15.3 Å². The van der Waals surface area contributed by atoms with E-state index in [2.05, 4.69) is 15.4 Å². The van der Waals surface area contributed by atoms with E-state index in [9.17, 15) is 14.7 Å². The van der Waals surface area contributed by atoms with E-state index in [1.54, 1.807) is 34.0 Å². The minimum absolute atomic E-state index is 0.0289. The Balaban J connectivity index is 1.43. The summed E-state index contributed by atoms with van der Waals surface area (Å²) in [6.07, 6.45) is 3.20.